The number of ether oxygens (including phenoxy) is 1. The summed E-state index contributed by atoms with van der Waals surface area (Å²) in [5, 5.41) is 0. The lowest BCUT2D eigenvalue weighted by Gasteiger charge is -2.18. The molecular formula is C15H11Br2F3O. The van der Waals surface area contributed by atoms with Crippen LogP contribution in [0.25, 0.3) is 0 Å². The van der Waals surface area contributed by atoms with Crippen molar-refractivity contribution in [2.45, 2.75) is 11.0 Å². The van der Waals surface area contributed by atoms with Crippen LogP contribution in [0.2, 0.25) is 0 Å². The van der Waals surface area contributed by atoms with E-state index in [2.05, 4.69) is 31.9 Å². The molecule has 1 unspecified atom stereocenters. The van der Waals surface area contributed by atoms with Crippen LogP contribution in [0, 0.1) is 0 Å². The molecule has 0 spiro atoms. The second kappa shape index (κ2) is 6.40. The molecular weight excluding hydrogens is 413 g/mol. The van der Waals surface area contributed by atoms with E-state index in [4.69, 9.17) is 4.74 Å². The molecule has 0 aliphatic rings. The van der Waals surface area contributed by atoms with E-state index in [1.54, 1.807) is 24.3 Å². The van der Waals surface area contributed by atoms with Crippen LogP contribution in [-0.2, 0) is 6.18 Å². The van der Waals surface area contributed by atoms with E-state index in [1.807, 2.05) is 0 Å². The van der Waals surface area contributed by atoms with Crippen LogP contribution in [-0.4, -0.2) is 7.11 Å². The minimum Gasteiger partial charge on any atom is -0.497 e. The highest BCUT2D eigenvalue weighted by Gasteiger charge is 2.35. The van der Waals surface area contributed by atoms with E-state index in [1.165, 1.54) is 19.2 Å². The van der Waals surface area contributed by atoms with Crippen LogP contribution in [0.5, 0.6) is 5.75 Å². The molecule has 1 nitrogen and oxygen atoms in total. The maximum Gasteiger partial charge on any atom is 0.416 e. The molecule has 0 aliphatic carbocycles. The van der Waals surface area contributed by atoms with Gasteiger partial charge < -0.3 is 4.74 Å². The lowest BCUT2D eigenvalue weighted by molar-refractivity contribution is -0.138. The van der Waals surface area contributed by atoms with Gasteiger partial charge in [-0.15, -0.1) is 0 Å². The fraction of sp³-hybridized carbons (Fsp3) is 0.200. The fourth-order valence-electron chi connectivity index (χ4n) is 1.98. The largest absolute Gasteiger partial charge is 0.497 e. The first-order chi connectivity index (χ1) is 9.84. The van der Waals surface area contributed by atoms with Gasteiger partial charge in [0.2, 0.25) is 0 Å². The van der Waals surface area contributed by atoms with E-state index in [9.17, 15) is 13.2 Å². The van der Waals surface area contributed by atoms with Gasteiger partial charge in [-0.25, -0.2) is 0 Å². The molecule has 0 aliphatic heterocycles. The number of hydrogen-bond donors (Lipinski definition) is 0. The normalized spacial score (nSPS) is 13.0. The molecule has 0 N–H and O–H groups in total. The number of methoxy groups -OCH3 is 1. The molecule has 0 heterocycles. The molecule has 2 aromatic carbocycles. The quantitative estimate of drug-likeness (QED) is 0.553. The average molecular weight is 424 g/mol. The SMILES string of the molecule is COc1ccc(C(Br)c2ccccc2C(F)(F)F)c(Br)c1. The molecule has 2 rings (SSSR count). The summed E-state index contributed by atoms with van der Waals surface area (Å²) in [5.41, 5.74) is 0.234. The molecule has 2 aromatic rings. The summed E-state index contributed by atoms with van der Waals surface area (Å²) in [6.07, 6.45) is -4.39. The first-order valence-corrected chi connectivity index (χ1v) is 7.69. The van der Waals surface area contributed by atoms with Crippen molar-refractivity contribution >= 4 is 31.9 Å². The molecule has 0 saturated heterocycles. The van der Waals surface area contributed by atoms with Crippen LogP contribution >= 0.6 is 31.9 Å². The minimum atomic E-state index is -4.39. The van der Waals surface area contributed by atoms with Gasteiger partial charge in [0.05, 0.1) is 17.5 Å². The Hall–Kier alpha value is -1.01. The summed E-state index contributed by atoms with van der Waals surface area (Å²) in [6, 6.07) is 10.7. The average Bonchev–Trinajstić information content (AvgIpc) is 2.45. The van der Waals surface area contributed by atoms with Crippen LogP contribution in [0.3, 0.4) is 0 Å². The number of hydrogen-bond acceptors (Lipinski definition) is 1. The molecule has 0 aromatic heterocycles. The van der Waals surface area contributed by atoms with Gasteiger partial charge in [-0.05, 0) is 29.3 Å². The Kier molecular flexibility index (Phi) is 4.99. The van der Waals surface area contributed by atoms with Crippen molar-refractivity contribution < 1.29 is 17.9 Å². The van der Waals surface area contributed by atoms with E-state index < -0.39 is 16.6 Å². The van der Waals surface area contributed by atoms with E-state index in [0.29, 0.717) is 15.8 Å². The van der Waals surface area contributed by atoms with Gasteiger partial charge in [-0.3, -0.25) is 0 Å². The zero-order valence-corrected chi connectivity index (χ0v) is 14.1. The Morgan fingerprint density at radius 2 is 1.71 bits per heavy atom. The molecule has 21 heavy (non-hydrogen) atoms. The zero-order chi connectivity index (χ0) is 15.6. The maximum atomic E-state index is 13.1. The Bertz CT molecular complexity index is 641. The van der Waals surface area contributed by atoms with Crippen molar-refractivity contribution in [1.82, 2.24) is 0 Å². The second-order valence-electron chi connectivity index (χ2n) is 4.34. The van der Waals surface area contributed by atoms with Crippen LogP contribution in [0.4, 0.5) is 13.2 Å². The third-order valence-corrected chi connectivity index (χ3v) is 4.69. The summed E-state index contributed by atoms with van der Waals surface area (Å²) in [5.74, 6) is 0.634. The van der Waals surface area contributed by atoms with Gasteiger partial charge in [0, 0.05) is 4.47 Å². The van der Waals surface area contributed by atoms with E-state index in [0.717, 1.165) is 6.07 Å². The molecule has 0 fully saturated rings. The molecule has 1 atom stereocenters. The first kappa shape index (κ1) is 16.4. The summed E-state index contributed by atoms with van der Waals surface area (Å²) < 4.78 is 45.0. The number of rotatable bonds is 3. The summed E-state index contributed by atoms with van der Waals surface area (Å²) in [4.78, 5) is -0.574. The Balaban J connectivity index is 2.48. The smallest absolute Gasteiger partial charge is 0.416 e. The van der Waals surface area contributed by atoms with Crippen LogP contribution < -0.4 is 4.74 Å². The highest BCUT2D eigenvalue weighted by molar-refractivity contribution is 9.11. The number of benzene rings is 2. The number of alkyl halides is 4. The Morgan fingerprint density at radius 3 is 2.29 bits per heavy atom. The Morgan fingerprint density at radius 1 is 1.05 bits per heavy atom. The standard InChI is InChI=1S/C15H11Br2F3O/c1-21-9-6-7-11(13(16)8-9)14(17)10-4-2-3-5-12(10)15(18,19)20/h2-8,14H,1H3. The van der Waals surface area contributed by atoms with Gasteiger partial charge in [-0.1, -0.05) is 56.1 Å². The summed E-state index contributed by atoms with van der Waals surface area (Å²) in [7, 11) is 1.53. The highest BCUT2D eigenvalue weighted by atomic mass is 79.9. The molecule has 0 saturated carbocycles. The van der Waals surface area contributed by atoms with Crippen molar-refractivity contribution in [3.05, 3.63) is 63.6 Å². The monoisotopic (exact) mass is 422 g/mol. The topological polar surface area (TPSA) is 9.23 Å². The van der Waals surface area contributed by atoms with Gasteiger partial charge in [0.25, 0.3) is 0 Å². The van der Waals surface area contributed by atoms with Crippen molar-refractivity contribution in [2.24, 2.45) is 0 Å². The second-order valence-corrected chi connectivity index (χ2v) is 6.11. The van der Waals surface area contributed by atoms with Crippen molar-refractivity contribution in [2.75, 3.05) is 7.11 Å². The van der Waals surface area contributed by atoms with Crippen molar-refractivity contribution in [3.63, 3.8) is 0 Å². The van der Waals surface area contributed by atoms with Gasteiger partial charge >= 0.3 is 6.18 Å². The van der Waals surface area contributed by atoms with Crippen molar-refractivity contribution in [1.29, 1.82) is 0 Å². The molecule has 0 radical (unpaired) electrons. The van der Waals surface area contributed by atoms with Crippen molar-refractivity contribution in [3.8, 4) is 5.75 Å². The molecule has 6 heteroatoms. The highest BCUT2D eigenvalue weighted by Crippen LogP contribution is 2.42. The number of halogens is 5. The van der Waals surface area contributed by atoms with Gasteiger partial charge in [0.15, 0.2) is 0 Å². The molecule has 0 bridgehead atoms. The van der Waals surface area contributed by atoms with E-state index in [-0.39, 0.29) is 5.56 Å². The zero-order valence-electron chi connectivity index (χ0n) is 10.9. The summed E-state index contributed by atoms with van der Waals surface area (Å²) >= 11 is 6.73. The van der Waals surface area contributed by atoms with Gasteiger partial charge in [-0.2, -0.15) is 13.2 Å². The van der Waals surface area contributed by atoms with E-state index >= 15 is 0 Å². The first-order valence-electron chi connectivity index (χ1n) is 5.98. The predicted molar refractivity (Wildman–Crippen MR) is 82.9 cm³/mol. The third kappa shape index (κ3) is 3.61. The Labute approximate surface area is 137 Å². The summed E-state index contributed by atoms with van der Waals surface area (Å²) in [6.45, 7) is 0. The van der Waals surface area contributed by atoms with Crippen LogP contribution in [0.1, 0.15) is 21.5 Å². The minimum absolute atomic E-state index is 0.177. The van der Waals surface area contributed by atoms with Gasteiger partial charge in [0.1, 0.15) is 5.75 Å². The maximum absolute atomic E-state index is 13.1. The fourth-order valence-corrected chi connectivity index (χ4v) is 3.68. The predicted octanol–water partition coefficient (Wildman–Crippen LogP) is 5.96. The lowest BCUT2D eigenvalue weighted by Crippen LogP contribution is -2.10. The molecule has 112 valence electrons. The lowest BCUT2D eigenvalue weighted by atomic mass is 9.99. The van der Waals surface area contributed by atoms with Crippen LogP contribution in [0.15, 0.2) is 46.9 Å². The molecule has 0 amide bonds. The third-order valence-electron chi connectivity index (χ3n) is 3.02.